The number of hydrogen-bond acceptors (Lipinski definition) is 6. The second kappa shape index (κ2) is 7.76. The molecule has 0 unspecified atom stereocenters. The van der Waals surface area contributed by atoms with Crippen molar-refractivity contribution in [3.05, 3.63) is 41.9 Å². The molecule has 0 aromatic carbocycles. The van der Waals surface area contributed by atoms with Gasteiger partial charge in [0, 0.05) is 31.0 Å². The van der Waals surface area contributed by atoms with E-state index in [1.807, 2.05) is 19.3 Å². The quantitative estimate of drug-likeness (QED) is 0.864. The lowest BCUT2D eigenvalue weighted by Crippen LogP contribution is -2.35. The summed E-state index contributed by atoms with van der Waals surface area (Å²) in [4.78, 5) is 20.9. The van der Waals surface area contributed by atoms with Gasteiger partial charge in [-0.25, -0.2) is 0 Å². The fraction of sp³-hybridized carbons (Fsp3) is 0.500. The number of pyridine rings is 1. The third-order valence-corrected chi connectivity index (χ3v) is 4.66. The average Bonchev–Trinajstić information content (AvgIpc) is 3.13. The lowest BCUT2D eigenvalue weighted by molar-refractivity contribution is -0.117. The Morgan fingerprint density at radius 1 is 1.52 bits per heavy atom. The molecular formula is C18H25N5O2. The minimum atomic E-state index is -0.0833. The second-order valence-corrected chi connectivity index (χ2v) is 6.83. The van der Waals surface area contributed by atoms with Gasteiger partial charge in [0.1, 0.15) is 5.76 Å². The first kappa shape index (κ1) is 17.6. The van der Waals surface area contributed by atoms with Gasteiger partial charge in [-0.1, -0.05) is 11.2 Å². The topological polar surface area (TPSA) is 74.5 Å². The maximum atomic E-state index is 12.2. The molecular weight excluding hydrogens is 318 g/mol. The third-order valence-electron chi connectivity index (χ3n) is 4.66. The number of likely N-dealkylation sites (N-methyl/N-ethyl adjacent to an activating group) is 1. The number of carbonyl (C=O) groups is 1. The van der Waals surface area contributed by atoms with Gasteiger partial charge in [-0.05, 0) is 51.5 Å². The summed E-state index contributed by atoms with van der Waals surface area (Å²) in [6.07, 6.45) is 4.86. The molecule has 0 radical (unpaired) electrons. The van der Waals surface area contributed by atoms with Crippen molar-refractivity contribution in [3.63, 3.8) is 0 Å². The van der Waals surface area contributed by atoms with Gasteiger partial charge >= 0.3 is 0 Å². The number of anilines is 1. The van der Waals surface area contributed by atoms with E-state index in [0.29, 0.717) is 30.1 Å². The van der Waals surface area contributed by atoms with Crippen molar-refractivity contribution in [1.82, 2.24) is 19.9 Å². The summed E-state index contributed by atoms with van der Waals surface area (Å²) < 4.78 is 4.96. The minimum Gasteiger partial charge on any atom is -0.360 e. The molecule has 1 amide bonds. The number of nitrogens with zero attached hydrogens (tertiary/aromatic N) is 4. The minimum absolute atomic E-state index is 0.0833. The highest BCUT2D eigenvalue weighted by Gasteiger charge is 2.33. The number of nitrogens with one attached hydrogen (secondary N) is 1. The van der Waals surface area contributed by atoms with Gasteiger partial charge in [-0.3, -0.25) is 19.6 Å². The number of carbonyl (C=O) groups excluding carboxylic acids is 1. The molecule has 7 nitrogen and oxygen atoms in total. The fourth-order valence-electron chi connectivity index (χ4n) is 3.61. The normalized spacial score (nSPS) is 21.0. The molecule has 1 N–H and O–H groups in total. The zero-order chi connectivity index (χ0) is 17.8. The molecule has 7 heteroatoms. The molecule has 134 valence electrons. The Hall–Kier alpha value is -2.25. The molecule has 3 heterocycles. The molecule has 25 heavy (non-hydrogen) atoms. The smallest absolute Gasteiger partial charge is 0.239 e. The van der Waals surface area contributed by atoms with Gasteiger partial charge in [0.05, 0.1) is 6.54 Å². The Kier molecular flexibility index (Phi) is 5.45. The molecule has 0 saturated carbocycles. The van der Waals surface area contributed by atoms with Gasteiger partial charge in [0.2, 0.25) is 5.91 Å². The van der Waals surface area contributed by atoms with Crippen molar-refractivity contribution in [2.24, 2.45) is 5.92 Å². The molecule has 1 fully saturated rings. The monoisotopic (exact) mass is 343 g/mol. The van der Waals surface area contributed by atoms with Crippen LogP contribution in [-0.2, 0) is 4.79 Å². The maximum Gasteiger partial charge on any atom is 0.239 e. The Labute approximate surface area is 148 Å². The Morgan fingerprint density at radius 2 is 2.36 bits per heavy atom. The molecule has 1 saturated heterocycles. The number of aromatic nitrogens is 2. The fourth-order valence-corrected chi connectivity index (χ4v) is 3.61. The lowest BCUT2D eigenvalue weighted by Gasteiger charge is -2.28. The molecule has 1 aliphatic rings. The van der Waals surface area contributed by atoms with Gasteiger partial charge in [0.25, 0.3) is 0 Å². The van der Waals surface area contributed by atoms with Crippen LogP contribution in [0, 0.1) is 12.8 Å². The first-order chi connectivity index (χ1) is 12.0. The number of hydrogen-bond donors (Lipinski definition) is 1. The highest BCUT2D eigenvalue weighted by Crippen LogP contribution is 2.35. The average molecular weight is 343 g/mol. The summed E-state index contributed by atoms with van der Waals surface area (Å²) in [5.74, 6) is 1.53. The highest BCUT2D eigenvalue weighted by molar-refractivity contribution is 5.91. The van der Waals surface area contributed by atoms with Gasteiger partial charge in [-0.15, -0.1) is 0 Å². The van der Waals surface area contributed by atoms with Crippen molar-refractivity contribution in [2.75, 3.05) is 39.0 Å². The van der Waals surface area contributed by atoms with E-state index >= 15 is 0 Å². The van der Waals surface area contributed by atoms with Crippen molar-refractivity contribution in [2.45, 2.75) is 19.4 Å². The molecule has 0 aliphatic carbocycles. The summed E-state index contributed by atoms with van der Waals surface area (Å²) in [5, 5.41) is 6.55. The van der Waals surface area contributed by atoms with E-state index in [1.165, 1.54) is 5.56 Å². The van der Waals surface area contributed by atoms with E-state index in [2.05, 4.69) is 38.4 Å². The van der Waals surface area contributed by atoms with Crippen LogP contribution in [0.4, 0.5) is 5.82 Å². The van der Waals surface area contributed by atoms with Gasteiger partial charge < -0.3 is 9.84 Å². The molecule has 1 aliphatic heterocycles. The van der Waals surface area contributed by atoms with Crippen LogP contribution in [-0.4, -0.2) is 59.6 Å². The summed E-state index contributed by atoms with van der Waals surface area (Å²) >= 11 is 0. The highest BCUT2D eigenvalue weighted by atomic mass is 16.5. The summed E-state index contributed by atoms with van der Waals surface area (Å²) in [6, 6.07) is 6.17. The molecule has 0 spiro atoms. The zero-order valence-corrected chi connectivity index (χ0v) is 15.0. The summed E-state index contributed by atoms with van der Waals surface area (Å²) in [6.45, 7) is 4.04. The molecule has 2 atom stereocenters. The molecule has 2 aromatic rings. The van der Waals surface area contributed by atoms with Crippen molar-refractivity contribution in [1.29, 1.82) is 0 Å². The lowest BCUT2D eigenvalue weighted by atomic mass is 9.94. The van der Waals surface area contributed by atoms with Crippen LogP contribution < -0.4 is 5.32 Å². The van der Waals surface area contributed by atoms with Gasteiger partial charge in [-0.2, -0.15) is 0 Å². The van der Waals surface area contributed by atoms with E-state index in [9.17, 15) is 4.79 Å². The van der Waals surface area contributed by atoms with Crippen LogP contribution >= 0.6 is 0 Å². The van der Waals surface area contributed by atoms with Crippen LogP contribution in [0.3, 0.4) is 0 Å². The van der Waals surface area contributed by atoms with E-state index in [0.717, 1.165) is 19.5 Å². The summed E-state index contributed by atoms with van der Waals surface area (Å²) in [7, 11) is 4.13. The Morgan fingerprint density at radius 3 is 3.04 bits per heavy atom. The SMILES string of the molecule is Cc1cc(NC(=O)CN(C)C[C@@H]2CCN(C)[C@H]2c2cccnc2)no1. The van der Waals surface area contributed by atoms with Crippen molar-refractivity contribution < 1.29 is 9.32 Å². The largest absolute Gasteiger partial charge is 0.360 e. The number of amides is 1. The summed E-state index contributed by atoms with van der Waals surface area (Å²) in [5.41, 5.74) is 1.24. The van der Waals surface area contributed by atoms with Crippen LogP contribution in [0.15, 0.2) is 35.1 Å². The van der Waals surface area contributed by atoms with E-state index < -0.39 is 0 Å². The van der Waals surface area contributed by atoms with Gasteiger partial charge in [0.15, 0.2) is 5.82 Å². The van der Waals surface area contributed by atoms with E-state index in [-0.39, 0.29) is 5.91 Å². The standard InChI is InChI=1S/C18H25N5O2/c1-13-9-16(21-25-13)20-17(24)12-22(2)11-15-6-8-23(3)18(15)14-5-4-7-19-10-14/h4-5,7,9-10,15,18H,6,8,11-12H2,1-3H3,(H,20,21,24)/t15-,18-/m0/s1. The Bertz CT molecular complexity index is 703. The number of likely N-dealkylation sites (tertiary alicyclic amines) is 1. The predicted octanol–water partition coefficient (Wildman–Crippen LogP) is 1.94. The van der Waals surface area contributed by atoms with Crippen LogP contribution in [0.25, 0.3) is 0 Å². The van der Waals surface area contributed by atoms with Crippen LogP contribution in [0.1, 0.15) is 23.8 Å². The molecule has 3 rings (SSSR count). The first-order valence-electron chi connectivity index (χ1n) is 8.55. The van der Waals surface area contributed by atoms with Crippen molar-refractivity contribution >= 4 is 11.7 Å². The van der Waals surface area contributed by atoms with Crippen molar-refractivity contribution in [3.8, 4) is 0 Å². The zero-order valence-electron chi connectivity index (χ0n) is 15.0. The first-order valence-corrected chi connectivity index (χ1v) is 8.55. The number of aryl methyl sites for hydroxylation is 1. The Balaban J connectivity index is 1.56. The number of rotatable bonds is 6. The molecule has 2 aromatic heterocycles. The van der Waals surface area contributed by atoms with E-state index in [4.69, 9.17) is 4.52 Å². The van der Waals surface area contributed by atoms with E-state index in [1.54, 1.807) is 19.2 Å². The van der Waals surface area contributed by atoms with Crippen LogP contribution in [0.5, 0.6) is 0 Å². The second-order valence-electron chi connectivity index (χ2n) is 6.83. The predicted molar refractivity (Wildman–Crippen MR) is 95.1 cm³/mol. The third kappa shape index (κ3) is 4.43. The van der Waals surface area contributed by atoms with Crippen LogP contribution in [0.2, 0.25) is 0 Å². The maximum absolute atomic E-state index is 12.2. The molecule has 0 bridgehead atoms.